The molecule has 1 heterocycles. The van der Waals surface area contributed by atoms with Gasteiger partial charge in [-0.3, -0.25) is 14.4 Å². The average molecular weight is 539 g/mol. The molecular formula is C31H38O8. The molecule has 8 heteroatoms. The summed E-state index contributed by atoms with van der Waals surface area (Å²) in [6.07, 6.45) is 6.25. The normalized spacial score (nSPS) is 15.6. The third-order valence-corrected chi connectivity index (χ3v) is 7.56. The Labute approximate surface area is 229 Å². The van der Waals surface area contributed by atoms with Crippen molar-refractivity contribution >= 4 is 17.7 Å². The number of carboxylic acid groups (broad SMARTS) is 2. The first-order valence-electron chi connectivity index (χ1n) is 14.0. The van der Waals surface area contributed by atoms with Crippen LogP contribution < -0.4 is 14.2 Å². The molecule has 8 nitrogen and oxygen atoms in total. The van der Waals surface area contributed by atoms with Gasteiger partial charge in [-0.15, -0.1) is 0 Å². The zero-order chi connectivity index (χ0) is 27.8. The summed E-state index contributed by atoms with van der Waals surface area (Å²) in [5.74, 6) is -0.235. The van der Waals surface area contributed by atoms with Gasteiger partial charge in [-0.25, -0.2) is 0 Å². The largest absolute Gasteiger partial charge is 0.493 e. The molecule has 2 aromatic carbocycles. The molecule has 0 spiro atoms. The van der Waals surface area contributed by atoms with E-state index in [4.69, 9.17) is 14.2 Å². The van der Waals surface area contributed by atoms with Crippen LogP contribution in [0.15, 0.2) is 30.3 Å². The number of aryl methyl sites for hydroxylation is 1. The zero-order valence-corrected chi connectivity index (χ0v) is 22.6. The van der Waals surface area contributed by atoms with Crippen molar-refractivity contribution in [1.82, 2.24) is 0 Å². The number of Topliss-reactive ketones (excluding diaryl/α,β-unsaturated/α-hetero) is 1. The molecule has 0 aromatic heterocycles. The lowest BCUT2D eigenvalue weighted by Gasteiger charge is -2.39. The lowest BCUT2D eigenvalue weighted by atomic mass is 9.82. The number of carbonyl (C=O) groups is 3. The molecule has 1 aliphatic carbocycles. The highest BCUT2D eigenvalue weighted by molar-refractivity contribution is 6.01. The Bertz CT molecular complexity index is 1180. The fourth-order valence-corrected chi connectivity index (χ4v) is 5.59. The SMILES string of the molecule is CCCc1c(OCCCOc2cccc3c2CCCC3)ccc2c1OC(CCC(=O)O)(CCC(=O)O)CC2=O. The van der Waals surface area contributed by atoms with E-state index < -0.39 is 17.5 Å². The first kappa shape index (κ1) is 28.5. The van der Waals surface area contributed by atoms with Crippen LogP contribution in [0, 0.1) is 0 Å². The number of ketones is 1. The minimum Gasteiger partial charge on any atom is -0.493 e. The van der Waals surface area contributed by atoms with E-state index in [2.05, 4.69) is 6.07 Å². The predicted octanol–water partition coefficient (Wildman–Crippen LogP) is 5.80. The van der Waals surface area contributed by atoms with Crippen LogP contribution >= 0.6 is 0 Å². The van der Waals surface area contributed by atoms with E-state index in [1.54, 1.807) is 12.1 Å². The van der Waals surface area contributed by atoms with Gasteiger partial charge in [-0.05, 0) is 74.3 Å². The Morgan fingerprint density at radius 2 is 1.64 bits per heavy atom. The number of carboxylic acids is 2. The molecule has 210 valence electrons. The second-order valence-electron chi connectivity index (χ2n) is 10.5. The van der Waals surface area contributed by atoms with Crippen LogP contribution in [0.2, 0.25) is 0 Å². The molecule has 0 atom stereocenters. The minimum atomic E-state index is -1.18. The van der Waals surface area contributed by atoms with Gasteiger partial charge in [0.15, 0.2) is 5.78 Å². The summed E-state index contributed by atoms with van der Waals surface area (Å²) < 4.78 is 18.6. The Hall–Kier alpha value is -3.55. The van der Waals surface area contributed by atoms with Crippen LogP contribution in [0.25, 0.3) is 0 Å². The molecule has 4 rings (SSSR count). The maximum absolute atomic E-state index is 13.2. The molecule has 1 aliphatic heterocycles. The Morgan fingerprint density at radius 1 is 0.949 bits per heavy atom. The van der Waals surface area contributed by atoms with Crippen molar-refractivity contribution < 1.29 is 38.8 Å². The second-order valence-corrected chi connectivity index (χ2v) is 10.5. The summed E-state index contributed by atoms with van der Waals surface area (Å²) in [5, 5.41) is 18.5. The smallest absolute Gasteiger partial charge is 0.303 e. The van der Waals surface area contributed by atoms with Crippen molar-refractivity contribution in [3.8, 4) is 17.2 Å². The summed E-state index contributed by atoms with van der Waals surface area (Å²) in [6, 6.07) is 9.75. The van der Waals surface area contributed by atoms with E-state index in [1.807, 2.05) is 19.1 Å². The number of aliphatic carboxylic acids is 2. The Kier molecular flexibility index (Phi) is 9.49. The molecule has 2 aromatic rings. The monoisotopic (exact) mass is 538 g/mol. The van der Waals surface area contributed by atoms with E-state index >= 15 is 0 Å². The molecule has 39 heavy (non-hydrogen) atoms. The fourth-order valence-electron chi connectivity index (χ4n) is 5.59. The van der Waals surface area contributed by atoms with Crippen molar-refractivity contribution in [3.05, 3.63) is 52.6 Å². The molecule has 0 saturated heterocycles. The van der Waals surface area contributed by atoms with Crippen LogP contribution in [0.5, 0.6) is 17.2 Å². The lowest BCUT2D eigenvalue weighted by Crippen LogP contribution is -2.43. The van der Waals surface area contributed by atoms with E-state index in [-0.39, 0.29) is 37.9 Å². The zero-order valence-electron chi connectivity index (χ0n) is 22.6. The van der Waals surface area contributed by atoms with Crippen molar-refractivity contribution in [2.45, 2.75) is 89.6 Å². The average Bonchev–Trinajstić information content (AvgIpc) is 2.92. The third-order valence-electron chi connectivity index (χ3n) is 7.56. The molecule has 2 N–H and O–H groups in total. The summed E-state index contributed by atoms with van der Waals surface area (Å²) in [4.78, 5) is 35.8. The summed E-state index contributed by atoms with van der Waals surface area (Å²) in [6.45, 7) is 2.96. The number of ether oxygens (including phenoxy) is 3. The van der Waals surface area contributed by atoms with E-state index in [0.29, 0.717) is 43.1 Å². The molecule has 0 fully saturated rings. The van der Waals surface area contributed by atoms with Gasteiger partial charge in [0.1, 0.15) is 22.8 Å². The fraction of sp³-hybridized carbons (Fsp3) is 0.516. The van der Waals surface area contributed by atoms with Gasteiger partial charge in [0.25, 0.3) is 0 Å². The molecule has 2 aliphatic rings. The Balaban J connectivity index is 1.46. The van der Waals surface area contributed by atoms with Gasteiger partial charge in [-0.2, -0.15) is 0 Å². The number of hydrogen-bond acceptors (Lipinski definition) is 6. The van der Waals surface area contributed by atoms with Gasteiger partial charge in [-0.1, -0.05) is 25.5 Å². The third kappa shape index (κ3) is 7.11. The van der Waals surface area contributed by atoms with Crippen LogP contribution in [-0.2, 0) is 28.9 Å². The Morgan fingerprint density at radius 3 is 2.33 bits per heavy atom. The first-order chi connectivity index (χ1) is 18.8. The minimum absolute atomic E-state index is 0.0488. The van der Waals surface area contributed by atoms with Gasteiger partial charge >= 0.3 is 11.9 Å². The quantitative estimate of drug-likeness (QED) is 0.290. The maximum atomic E-state index is 13.2. The topological polar surface area (TPSA) is 119 Å². The van der Waals surface area contributed by atoms with Gasteiger partial charge in [0.05, 0.1) is 25.2 Å². The summed E-state index contributed by atoms with van der Waals surface area (Å²) in [7, 11) is 0. The van der Waals surface area contributed by atoms with Crippen LogP contribution in [0.3, 0.4) is 0 Å². The number of hydrogen-bond donors (Lipinski definition) is 2. The van der Waals surface area contributed by atoms with Crippen LogP contribution in [0.1, 0.15) is 91.8 Å². The molecule has 0 radical (unpaired) electrons. The molecule has 0 unspecified atom stereocenters. The van der Waals surface area contributed by atoms with Crippen molar-refractivity contribution in [2.24, 2.45) is 0 Å². The number of benzene rings is 2. The number of fused-ring (bicyclic) bond motifs is 2. The standard InChI is InChI=1S/C31H38O8/c1-2-7-24-27(38-19-6-18-37-26-11-5-9-21-8-3-4-10-22(21)26)13-12-23-25(32)20-31(39-30(23)24,16-14-28(33)34)17-15-29(35)36/h5,9,11-13H,2-4,6-8,10,14-20H2,1H3,(H,33,34)(H,35,36). The van der Waals surface area contributed by atoms with E-state index in [9.17, 15) is 24.6 Å². The number of carbonyl (C=O) groups excluding carboxylic acids is 1. The van der Waals surface area contributed by atoms with Crippen LogP contribution in [-0.4, -0.2) is 46.7 Å². The van der Waals surface area contributed by atoms with E-state index in [1.165, 1.54) is 24.0 Å². The second kappa shape index (κ2) is 13.0. The highest BCUT2D eigenvalue weighted by atomic mass is 16.5. The van der Waals surface area contributed by atoms with Gasteiger partial charge < -0.3 is 24.4 Å². The lowest BCUT2D eigenvalue weighted by molar-refractivity contribution is -0.139. The van der Waals surface area contributed by atoms with Crippen molar-refractivity contribution in [1.29, 1.82) is 0 Å². The van der Waals surface area contributed by atoms with Crippen molar-refractivity contribution in [2.75, 3.05) is 13.2 Å². The van der Waals surface area contributed by atoms with Gasteiger partial charge in [0.2, 0.25) is 0 Å². The molecule has 0 bridgehead atoms. The highest BCUT2D eigenvalue weighted by Gasteiger charge is 2.42. The molecule has 0 saturated carbocycles. The molecular weight excluding hydrogens is 500 g/mol. The predicted molar refractivity (Wildman–Crippen MR) is 145 cm³/mol. The highest BCUT2D eigenvalue weighted by Crippen LogP contribution is 2.44. The van der Waals surface area contributed by atoms with Crippen LogP contribution in [0.4, 0.5) is 0 Å². The summed E-state index contributed by atoms with van der Waals surface area (Å²) >= 11 is 0. The van der Waals surface area contributed by atoms with Crippen molar-refractivity contribution in [3.63, 3.8) is 0 Å². The molecule has 0 amide bonds. The number of rotatable bonds is 14. The maximum Gasteiger partial charge on any atom is 0.303 e. The summed E-state index contributed by atoms with van der Waals surface area (Å²) in [5.41, 5.74) is 2.72. The van der Waals surface area contributed by atoms with E-state index in [0.717, 1.165) is 30.6 Å². The first-order valence-corrected chi connectivity index (χ1v) is 14.0. The van der Waals surface area contributed by atoms with Gasteiger partial charge in [0, 0.05) is 24.8 Å².